The van der Waals surface area contributed by atoms with E-state index < -0.39 is 0 Å². The predicted octanol–water partition coefficient (Wildman–Crippen LogP) is 4.31. The van der Waals surface area contributed by atoms with Gasteiger partial charge >= 0.3 is 0 Å². The lowest BCUT2D eigenvalue weighted by Gasteiger charge is -2.25. The van der Waals surface area contributed by atoms with E-state index in [1.54, 1.807) is 6.20 Å². The molecule has 4 rings (SSSR count). The number of nitrogens with zero attached hydrogens (tertiary/aromatic N) is 3. The van der Waals surface area contributed by atoms with E-state index in [0.717, 1.165) is 17.7 Å². The summed E-state index contributed by atoms with van der Waals surface area (Å²) in [5.74, 6) is 0.852. The molecule has 1 aliphatic rings. The Morgan fingerprint density at radius 1 is 1.07 bits per heavy atom. The third kappa shape index (κ3) is 3.82. The molecule has 3 aromatic rings. The van der Waals surface area contributed by atoms with Gasteiger partial charge in [0.2, 0.25) is 5.95 Å². The summed E-state index contributed by atoms with van der Waals surface area (Å²) < 4.78 is 0. The van der Waals surface area contributed by atoms with Crippen LogP contribution in [0.25, 0.3) is 0 Å². The summed E-state index contributed by atoms with van der Waals surface area (Å²) in [6.07, 6.45) is 3.25. The van der Waals surface area contributed by atoms with Gasteiger partial charge in [-0.05, 0) is 30.4 Å². The van der Waals surface area contributed by atoms with E-state index in [0.29, 0.717) is 24.6 Å². The molecule has 0 saturated heterocycles. The highest BCUT2D eigenvalue weighted by Gasteiger charge is 2.27. The third-order valence-corrected chi connectivity index (χ3v) is 5.02. The van der Waals surface area contributed by atoms with E-state index in [1.165, 1.54) is 16.7 Å². The molecule has 0 amide bonds. The largest absolute Gasteiger partial charge is 0.411 e. The maximum atomic E-state index is 9.46. The van der Waals surface area contributed by atoms with E-state index in [4.69, 9.17) is 4.98 Å². The monoisotopic (exact) mass is 358 g/mol. The zero-order valence-electron chi connectivity index (χ0n) is 15.3. The van der Waals surface area contributed by atoms with E-state index in [-0.39, 0.29) is 5.92 Å². The molecule has 1 atom stereocenters. The summed E-state index contributed by atoms with van der Waals surface area (Å²) in [4.78, 5) is 9.11. The fourth-order valence-corrected chi connectivity index (χ4v) is 3.49. The van der Waals surface area contributed by atoms with Crippen molar-refractivity contribution in [3.63, 3.8) is 0 Å². The minimum Gasteiger partial charge on any atom is -0.411 e. The van der Waals surface area contributed by atoms with E-state index in [1.807, 2.05) is 18.2 Å². The fraction of sp³-hybridized carbons (Fsp3) is 0.227. The van der Waals surface area contributed by atoms with Gasteiger partial charge in [-0.3, -0.25) is 0 Å². The highest BCUT2D eigenvalue weighted by molar-refractivity contribution is 6.02. The van der Waals surface area contributed by atoms with Crippen LogP contribution in [0.5, 0.6) is 0 Å². The van der Waals surface area contributed by atoms with E-state index >= 15 is 0 Å². The van der Waals surface area contributed by atoms with Crippen molar-refractivity contribution in [3.05, 3.63) is 88.7 Å². The molecular weight excluding hydrogens is 336 g/mol. The highest BCUT2D eigenvalue weighted by atomic mass is 16.4. The van der Waals surface area contributed by atoms with Crippen LogP contribution in [0, 0.1) is 6.92 Å². The Balaban J connectivity index is 1.55. The smallest absolute Gasteiger partial charge is 0.223 e. The van der Waals surface area contributed by atoms with Gasteiger partial charge in [0.15, 0.2) is 0 Å². The number of hydrogen-bond donors (Lipinski definition) is 2. The molecule has 1 aromatic heterocycles. The van der Waals surface area contributed by atoms with Crippen LogP contribution < -0.4 is 5.32 Å². The van der Waals surface area contributed by atoms with Crippen LogP contribution in [-0.4, -0.2) is 20.9 Å². The van der Waals surface area contributed by atoms with E-state index in [2.05, 4.69) is 58.8 Å². The summed E-state index contributed by atoms with van der Waals surface area (Å²) in [6, 6.07) is 18.7. The molecule has 1 heterocycles. The maximum absolute atomic E-state index is 9.46. The SMILES string of the molecule is Cc1ccc(CNc2ncc3c(n2)CC(c2ccccc2)C/C3=N\O)cc1. The van der Waals surface area contributed by atoms with Gasteiger partial charge in [0.1, 0.15) is 0 Å². The molecule has 1 aliphatic carbocycles. The van der Waals surface area contributed by atoms with Crippen LogP contribution in [0.3, 0.4) is 0 Å². The van der Waals surface area contributed by atoms with Gasteiger partial charge in [0.25, 0.3) is 0 Å². The first-order valence-corrected chi connectivity index (χ1v) is 9.14. The summed E-state index contributed by atoms with van der Waals surface area (Å²) in [5.41, 5.74) is 6.07. The number of hydrogen-bond acceptors (Lipinski definition) is 5. The van der Waals surface area contributed by atoms with Crippen molar-refractivity contribution in [3.8, 4) is 0 Å². The molecule has 2 aromatic carbocycles. The van der Waals surface area contributed by atoms with Gasteiger partial charge < -0.3 is 10.5 Å². The summed E-state index contributed by atoms with van der Waals surface area (Å²) in [7, 11) is 0. The highest BCUT2D eigenvalue weighted by Crippen LogP contribution is 2.32. The third-order valence-electron chi connectivity index (χ3n) is 5.02. The lowest BCUT2D eigenvalue weighted by atomic mass is 9.82. The Labute approximate surface area is 158 Å². The predicted molar refractivity (Wildman–Crippen MR) is 106 cm³/mol. The van der Waals surface area contributed by atoms with Crippen molar-refractivity contribution in [1.82, 2.24) is 9.97 Å². The first-order chi connectivity index (χ1) is 13.2. The van der Waals surface area contributed by atoms with Crippen molar-refractivity contribution in [2.75, 3.05) is 5.32 Å². The summed E-state index contributed by atoms with van der Waals surface area (Å²) in [5, 5.41) is 16.3. The molecule has 0 aliphatic heterocycles. The van der Waals surface area contributed by atoms with Crippen LogP contribution in [0.4, 0.5) is 5.95 Å². The number of aromatic nitrogens is 2. The molecule has 1 unspecified atom stereocenters. The standard InChI is InChI=1S/C22H22N4O/c1-15-7-9-16(10-8-15)13-23-22-24-14-19-20(25-22)11-18(12-21(19)26-27)17-5-3-2-4-6-17/h2-10,14,18,27H,11-13H2,1H3,(H,23,24,25)/b26-21+. The summed E-state index contributed by atoms with van der Waals surface area (Å²) >= 11 is 0. The molecule has 2 N–H and O–H groups in total. The fourth-order valence-electron chi connectivity index (χ4n) is 3.49. The van der Waals surface area contributed by atoms with Crippen LogP contribution in [0.1, 0.15) is 40.3 Å². The second-order valence-corrected chi connectivity index (χ2v) is 6.96. The molecule has 0 radical (unpaired) electrons. The lowest BCUT2D eigenvalue weighted by molar-refractivity contribution is 0.316. The first-order valence-electron chi connectivity index (χ1n) is 9.14. The number of fused-ring (bicyclic) bond motifs is 1. The average molecular weight is 358 g/mol. The molecule has 5 nitrogen and oxygen atoms in total. The van der Waals surface area contributed by atoms with Crippen molar-refractivity contribution in [2.24, 2.45) is 5.16 Å². The Morgan fingerprint density at radius 2 is 1.85 bits per heavy atom. The average Bonchev–Trinajstić information content (AvgIpc) is 2.73. The Kier molecular flexibility index (Phi) is 4.83. The van der Waals surface area contributed by atoms with Crippen molar-refractivity contribution in [1.29, 1.82) is 0 Å². The first kappa shape index (κ1) is 17.2. The number of oxime groups is 1. The van der Waals surface area contributed by atoms with Crippen LogP contribution in [-0.2, 0) is 13.0 Å². The van der Waals surface area contributed by atoms with Gasteiger partial charge in [-0.2, -0.15) is 0 Å². The molecule has 136 valence electrons. The lowest BCUT2D eigenvalue weighted by Crippen LogP contribution is -2.22. The van der Waals surface area contributed by atoms with Crippen LogP contribution in [0.15, 0.2) is 65.9 Å². The minimum absolute atomic E-state index is 0.254. The Morgan fingerprint density at radius 3 is 2.59 bits per heavy atom. The molecule has 0 bridgehead atoms. The second-order valence-electron chi connectivity index (χ2n) is 6.96. The number of benzene rings is 2. The molecule has 0 spiro atoms. The molecule has 0 saturated carbocycles. The quantitative estimate of drug-likeness (QED) is 0.539. The van der Waals surface area contributed by atoms with Crippen LogP contribution in [0.2, 0.25) is 0 Å². The van der Waals surface area contributed by atoms with Gasteiger partial charge in [0.05, 0.1) is 11.4 Å². The molecular formula is C22H22N4O. The molecule has 0 fully saturated rings. The maximum Gasteiger partial charge on any atom is 0.223 e. The van der Waals surface area contributed by atoms with E-state index in [9.17, 15) is 5.21 Å². The minimum atomic E-state index is 0.254. The molecule has 27 heavy (non-hydrogen) atoms. The number of aryl methyl sites for hydroxylation is 1. The second kappa shape index (κ2) is 7.58. The van der Waals surface area contributed by atoms with Crippen molar-refractivity contribution < 1.29 is 5.21 Å². The van der Waals surface area contributed by atoms with Gasteiger partial charge in [0, 0.05) is 24.7 Å². The van der Waals surface area contributed by atoms with Crippen molar-refractivity contribution in [2.45, 2.75) is 32.2 Å². The topological polar surface area (TPSA) is 70.4 Å². The molecule has 5 heteroatoms. The van der Waals surface area contributed by atoms with Gasteiger partial charge in [-0.25, -0.2) is 9.97 Å². The van der Waals surface area contributed by atoms with Crippen molar-refractivity contribution >= 4 is 11.7 Å². The number of anilines is 1. The van der Waals surface area contributed by atoms with Gasteiger partial charge in [-0.15, -0.1) is 0 Å². The number of rotatable bonds is 4. The zero-order chi connectivity index (χ0) is 18.6. The normalized spacial score (nSPS) is 17.5. The van der Waals surface area contributed by atoms with Crippen LogP contribution >= 0.6 is 0 Å². The van der Waals surface area contributed by atoms with Gasteiger partial charge in [-0.1, -0.05) is 65.3 Å². The Bertz CT molecular complexity index is 952. The zero-order valence-corrected chi connectivity index (χ0v) is 15.3. The Hall–Kier alpha value is -3.21. The number of nitrogens with one attached hydrogen (secondary N) is 1. The summed E-state index contributed by atoms with van der Waals surface area (Å²) in [6.45, 7) is 2.75.